The second kappa shape index (κ2) is 5.83. The molecular formula is C12H26N2O. The fraction of sp³-hybridized carbons (Fsp3) is 1.00. The highest BCUT2D eigenvalue weighted by atomic mass is 16.5. The van der Waals surface area contributed by atoms with Crippen LogP contribution in [0.25, 0.3) is 0 Å². The van der Waals surface area contributed by atoms with E-state index in [1.54, 1.807) is 0 Å². The molecule has 1 heterocycles. The summed E-state index contributed by atoms with van der Waals surface area (Å²) in [6, 6.07) is 0. The van der Waals surface area contributed by atoms with Gasteiger partial charge in [-0.15, -0.1) is 0 Å². The summed E-state index contributed by atoms with van der Waals surface area (Å²) in [5.74, 6) is 0.838. The predicted octanol–water partition coefficient (Wildman–Crippen LogP) is 1.34. The Bertz CT molecular complexity index is 177. The lowest BCUT2D eigenvalue weighted by Gasteiger charge is -2.20. The van der Waals surface area contributed by atoms with Crippen molar-refractivity contribution in [3.05, 3.63) is 0 Å². The third-order valence-electron chi connectivity index (χ3n) is 2.74. The van der Waals surface area contributed by atoms with Crippen LogP contribution < -0.4 is 5.32 Å². The zero-order valence-corrected chi connectivity index (χ0v) is 10.7. The molecule has 1 unspecified atom stereocenters. The first-order chi connectivity index (χ1) is 6.97. The quantitative estimate of drug-likeness (QED) is 0.699. The van der Waals surface area contributed by atoms with Gasteiger partial charge >= 0.3 is 0 Å². The zero-order valence-electron chi connectivity index (χ0n) is 10.7. The van der Waals surface area contributed by atoms with Crippen molar-refractivity contribution in [2.24, 2.45) is 5.92 Å². The lowest BCUT2D eigenvalue weighted by Crippen LogP contribution is -2.30. The van der Waals surface area contributed by atoms with E-state index in [9.17, 15) is 0 Å². The zero-order chi connectivity index (χ0) is 11.3. The number of ether oxygens (including phenoxy) is 1. The molecule has 90 valence electrons. The van der Waals surface area contributed by atoms with Crippen LogP contribution in [0.15, 0.2) is 0 Å². The van der Waals surface area contributed by atoms with Gasteiger partial charge in [-0.05, 0) is 53.2 Å². The Morgan fingerprint density at radius 1 is 1.40 bits per heavy atom. The molecule has 1 atom stereocenters. The predicted molar refractivity (Wildman–Crippen MR) is 64.2 cm³/mol. The maximum Gasteiger partial charge on any atom is 0.0599 e. The number of rotatable bonds is 5. The standard InChI is InChI=1S/C12H26N2O/c1-12(2,3)15-8-6-13-9-11-5-7-14(4)10-11/h11,13H,5-10H2,1-4H3. The molecule has 0 aromatic rings. The van der Waals surface area contributed by atoms with Gasteiger partial charge in [-0.2, -0.15) is 0 Å². The highest BCUT2D eigenvalue weighted by Gasteiger charge is 2.18. The number of nitrogens with zero attached hydrogens (tertiary/aromatic N) is 1. The Kier molecular flexibility index (Phi) is 5.03. The van der Waals surface area contributed by atoms with Gasteiger partial charge in [-0.25, -0.2) is 0 Å². The van der Waals surface area contributed by atoms with Crippen LogP contribution in [-0.2, 0) is 4.74 Å². The number of nitrogens with one attached hydrogen (secondary N) is 1. The van der Waals surface area contributed by atoms with Crippen molar-refractivity contribution < 1.29 is 4.74 Å². The first kappa shape index (κ1) is 12.9. The van der Waals surface area contributed by atoms with Crippen LogP contribution in [-0.4, -0.2) is 50.3 Å². The molecular weight excluding hydrogens is 188 g/mol. The lowest BCUT2D eigenvalue weighted by atomic mass is 10.1. The fourth-order valence-electron chi connectivity index (χ4n) is 1.93. The van der Waals surface area contributed by atoms with Crippen LogP contribution in [0.1, 0.15) is 27.2 Å². The van der Waals surface area contributed by atoms with Gasteiger partial charge in [0.2, 0.25) is 0 Å². The topological polar surface area (TPSA) is 24.5 Å². The normalized spacial score (nSPS) is 23.6. The molecule has 1 aliphatic rings. The summed E-state index contributed by atoms with van der Waals surface area (Å²) in [4.78, 5) is 2.40. The van der Waals surface area contributed by atoms with Crippen molar-refractivity contribution in [2.75, 3.05) is 39.8 Å². The van der Waals surface area contributed by atoms with Gasteiger partial charge in [-0.1, -0.05) is 0 Å². The molecule has 0 radical (unpaired) electrons. The molecule has 0 saturated carbocycles. The molecule has 15 heavy (non-hydrogen) atoms. The van der Waals surface area contributed by atoms with Gasteiger partial charge in [0.25, 0.3) is 0 Å². The molecule has 3 nitrogen and oxygen atoms in total. The lowest BCUT2D eigenvalue weighted by molar-refractivity contribution is -0.000974. The number of likely N-dealkylation sites (tertiary alicyclic amines) is 1. The largest absolute Gasteiger partial charge is 0.375 e. The van der Waals surface area contributed by atoms with Gasteiger partial charge in [0, 0.05) is 13.1 Å². The van der Waals surface area contributed by atoms with Gasteiger partial charge in [0.15, 0.2) is 0 Å². The molecule has 0 amide bonds. The number of hydrogen-bond acceptors (Lipinski definition) is 3. The van der Waals surface area contributed by atoms with Crippen LogP contribution in [0.3, 0.4) is 0 Å². The van der Waals surface area contributed by atoms with Crippen molar-refractivity contribution in [2.45, 2.75) is 32.8 Å². The molecule has 1 rings (SSSR count). The van der Waals surface area contributed by atoms with E-state index in [1.165, 1.54) is 19.5 Å². The molecule has 0 spiro atoms. The van der Waals surface area contributed by atoms with E-state index in [1.807, 2.05) is 0 Å². The first-order valence-electron chi connectivity index (χ1n) is 6.00. The van der Waals surface area contributed by atoms with E-state index in [2.05, 4.69) is 38.0 Å². The van der Waals surface area contributed by atoms with Crippen LogP contribution >= 0.6 is 0 Å². The average molecular weight is 214 g/mol. The second-order valence-electron chi connectivity index (χ2n) is 5.58. The highest BCUT2D eigenvalue weighted by Crippen LogP contribution is 2.12. The summed E-state index contributed by atoms with van der Waals surface area (Å²) in [7, 11) is 2.20. The minimum absolute atomic E-state index is 0.00471. The molecule has 0 bridgehead atoms. The van der Waals surface area contributed by atoms with Crippen LogP contribution in [0.2, 0.25) is 0 Å². The van der Waals surface area contributed by atoms with Crippen molar-refractivity contribution in [3.8, 4) is 0 Å². The van der Waals surface area contributed by atoms with Crippen molar-refractivity contribution in [1.82, 2.24) is 10.2 Å². The van der Waals surface area contributed by atoms with Gasteiger partial charge < -0.3 is 15.0 Å². The average Bonchev–Trinajstić information content (AvgIpc) is 2.49. The van der Waals surface area contributed by atoms with Crippen molar-refractivity contribution in [1.29, 1.82) is 0 Å². The molecule has 1 aliphatic heterocycles. The Labute approximate surface area is 94.2 Å². The maximum absolute atomic E-state index is 5.64. The Morgan fingerprint density at radius 3 is 2.67 bits per heavy atom. The van der Waals surface area contributed by atoms with Crippen molar-refractivity contribution in [3.63, 3.8) is 0 Å². The molecule has 1 N–H and O–H groups in total. The Morgan fingerprint density at radius 2 is 2.13 bits per heavy atom. The summed E-state index contributed by atoms with van der Waals surface area (Å²) in [6.45, 7) is 11.7. The monoisotopic (exact) mass is 214 g/mol. The molecule has 0 aromatic carbocycles. The fourth-order valence-corrected chi connectivity index (χ4v) is 1.93. The second-order valence-corrected chi connectivity index (χ2v) is 5.58. The molecule has 0 aromatic heterocycles. The highest BCUT2D eigenvalue weighted by molar-refractivity contribution is 4.74. The van der Waals surface area contributed by atoms with E-state index in [0.717, 1.165) is 25.6 Å². The van der Waals surface area contributed by atoms with Crippen LogP contribution in [0.5, 0.6) is 0 Å². The molecule has 3 heteroatoms. The molecule has 0 aliphatic carbocycles. The van der Waals surface area contributed by atoms with E-state index < -0.39 is 0 Å². The Hall–Kier alpha value is -0.120. The van der Waals surface area contributed by atoms with Crippen LogP contribution in [0, 0.1) is 5.92 Å². The summed E-state index contributed by atoms with van der Waals surface area (Å²) in [6.07, 6.45) is 1.34. The van der Waals surface area contributed by atoms with Gasteiger partial charge in [0.1, 0.15) is 0 Å². The summed E-state index contributed by atoms with van der Waals surface area (Å²) in [5, 5.41) is 3.47. The minimum Gasteiger partial charge on any atom is -0.375 e. The summed E-state index contributed by atoms with van der Waals surface area (Å²) < 4.78 is 5.64. The number of hydrogen-bond donors (Lipinski definition) is 1. The van der Waals surface area contributed by atoms with E-state index in [-0.39, 0.29) is 5.60 Å². The molecule has 1 fully saturated rings. The summed E-state index contributed by atoms with van der Waals surface area (Å²) in [5.41, 5.74) is -0.00471. The first-order valence-corrected chi connectivity index (χ1v) is 6.00. The van der Waals surface area contributed by atoms with Gasteiger partial charge in [0.05, 0.1) is 12.2 Å². The van der Waals surface area contributed by atoms with E-state index in [0.29, 0.717) is 0 Å². The Balaban J connectivity index is 1.93. The smallest absolute Gasteiger partial charge is 0.0599 e. The third-order valence-corrected chi connectivity index (χ3v) is 2.74. The minimum atomic E-state index is -0.00471. The van der Waals surface area contributed by atoms with Crippen molar-refractivity contribution >= 4 is 0 Å². The maximum atomic E-state index is 5.64. The third kappa shape index (κ3) is 6.13. The van der Waals surface area contributed by atoms with Crippen LogP contribution in [0.4, 0.5) is 0 Å². The van der Waals surface area contributed by atoms with E-state index in [4.69, 9.17) is 4.74 Å². The summed E-state index contributed by atoms with van der Waals surface area (Å²) >= 11 is 0. The van der Waals surface area contributed by atoms with Gasteiger partial charge in [-0.3, -0.25) is 0 Å². The van der Waals surface area contributed by atoms with E-state index >= 15 is 0 Å². The SMILES string of the molecule is CN1CCC(CNCCOC(C)(C)C)C1. The molecule has 1 saturated heterocycles.